The van der Waals surface area contributed by atoms with Gasteiger partial charge in [-0.25, -0.2) is 13.1 Å². The van der Waals surface area contributed by atoms with Crippen LogP contribution in [0.4, 0.5) is 0 Å². The van der Waals surface area contributed by atoms with Crippen molar-refractivity contribution in [1.29, 1.82) is 0 Å². The molecule has 0 aliphatic rings. The number of hydrogen-bond acceptors (Lipinski definition) is 3. The number of halogens is 1. The van der Waals surface area contributed by atoms with Gasteiger partial charge >= 0.3 is 0 Å². The van der Waals surface area contributed by atoms with E-state index in [1.165, 1.54) is 0 Å². The lowest BCUT2D eigenvalue weighted by Crippen LogP contribution is -2.30. The number of rotatable bonds is 9. The van der Waals surface area contributed by atoms with Gasteiger partial charge in [0.1, 0.15) is 0 Å². The second kappa shape index (κ2) is 8.77. The van der Waals surface area contributed by atoms with Crippen LogP contribution in [0.25, 0.3) is 0 Å². The van der Waals surface area contributed by atoms with Crippen molar-refractivity contribution >= 4 is 26.0 Å². The minimum atomic E-state index is -3.38. The zero-order valence-corrected chi connectivity index (χ0v) is 14.5. The molecule has 4 nitrogen and oxygen atoms in total. The van der Waals surface area contributed by atoms with E-state index in [0.29, 0.717) is 11.4 Å². The van der Waals surface area contributed by atoms with Gasteiger partial charge in [-0.05, 0) is 43.8 Å². The highest BCUT2D eigenvalue weighted by atomic mass is 79.9. The number of alkyl halides is 1. The van der Waals surface area contributed by atoms with Gasteiger partial charge in [-0.3, -0.25) is 0 Å². The highest BCUT2D eigenvalue weighted by molar-refractivity contribution is 9.08. The number of hydrogen-bond donors (Lipinski definition) is 1. The van der Waals surface area contributed by atoms with Crippen LogP contribution in [-0.2, 0) is 15.4 Å². The molecule has 114 valence electrons. The van der Waals surface area contributed by atoms with Crippen molar-refractivity contribution in [2.45, 2.75) is 30.5 Å². The normalized spacial score (nSPS) is 12.0. The molecule has 0 saturated heterocycles. The van der Waals surface area contributed by atoms with Crippen molar-refractivity contribution in [2.24, 2.45) is 0 Å². The summed E-state index contributed by atoms with van der Waals surface area (Å²) >= 11 is 3.34. The fourth-order valence-electron chi connectivity index (χ4n) is 1.89. The summed E-state index contributed by atoms with van der Waals surface area (Å²) in [6.45, 7) is 7.60. The maximum Gasteiger partial charge on any atom is 0.240 e. The summed E-state index contributed by atoms with van der Waals surface area (Å²) in [5.41, 5.74) is 1.06. The fourth-order valence-corrected chi connectivity index (χ4v) is 3.34. The molecule has 0 radical (unpaired) electrons. The van der Waals surface area contributed by atoms with Gasteiger partial charge in [0.15, 0.2) is 0 Å². The van der Waals surface area contributed by atoms with Crippen LogP contribution in [0.1, 0.15) is 25.8 Å². The van der Waals surface area contributed by atoms with Crippen molar-refractivity contribution in [2.75, 3.05) is 26.2 Å². The van der Waals surface area contributed by atoms with E-state index in [0.717, 1.165) is 36.9 Å². The number of sulfonamides is 1. The molecule has 0 aliphatic heterocycles. The minimum Gasteiger partial charge on any atom is -0.304 e. The van der Waals surface area contributed by atoms with Crippen molar-refractivity contribution < 1.29 is 8.42 Å². The Morgan fingerprint density at radius 3 is 2.25 bits per heavy atom. The first kappa shape index (κ1) is 17.6. The Kier molecular flexibility index (Phi) is 7.72. The quantitative estimate of drug-likeness (QED) is 0.542. The molecular weight excluding hydrogens is 340 g/mol. The van der Waals surface area contributed by atoms with Crippen molar-refractivity contribution in [3.8, 4) is 0 Å². The molecule has 0 spiro atoms. The van der Waals surface area contributed by atoms with E-state index in [1.807, 2.05) is 12.1 Å². The molecule has 0 aliphatic carbocycles. The molecule has 1 aromatic carbocycles. The van der Waals surface area contributed by atoms with E-state index >= 15 is 0 Å². The van der Waals surface area contributed by atoms with Crippen molar-refractivity contribution in [3.63, 3.8) is 0 Å². The van der Waals surface area contributed by atoms with Gasteiger partial charge in [0.2, 0.25) is 10.0 Å². The zero-order chi connectivity index (χ0) is 15.0. The maximum absolute atomic E-state index is 12.1. The first-order valence-electron chi connectivity index (χ1n) is 6.90. The second-order valence-corrected chi connectivity index (χ2v) is 6.88. The summed E-state index contributed by atoms with van der Waals surface area (Å²) in [7, 11) is -3.38. The zero-order valence-electron chi connectivity index (χ0n) is 12.1. The van der Waals surface area contributed by atoms with Gasteiger partial charge in [-0.15, -0.1) is 0 Å². The Hall–Kier alpha value is -0.430. The van der Waals surface area contributed by atoms with E-state index in [2.05, 4.69) is 39.4 Å². The van der Waals surface area contributed by atoms with Crippen LogP contribution < -0.4 is 4.72 Å². The van der Waals surface area contributed by atoms with Crippen LogP contribution in [-0.4, -0.2) is 39.5 Å². The molecule has 0 unspecified atom stereocenters. The molecule has 1 rings (SSSR count). The van der Waals surface area contributed by atoms with Crippen LogP contribution in [0.5, 0.6) is 0 Å². The Morgan fingerprint density at radius 2 is 1.75 bits per heavy atom. The number of benzene rings is 1. The molecule has 0 saturated carbocycles. The summed E-state index contributed by atoms with van der Waals surface area (Å²) in [6.07, 6.45) is 0.820. The molecule has 0 fully saturated rings. The standard InChI is InChI=1S/C14H23BrN2O2S/c1-3-17(4-2)11-5-10-16-20(18,19)14-8-6-13(12-15)7-9-14/h6-9,16H,3-5,10-12H2,1-2H3. The van der Waals surface area contributed by atoms with Crippen LogP contribution in [0.2, 0.25) is 0 Å². The fraction of sp³-hybridized carbons (Fsp3) is 0.571. The van der Waals surface area contributed by atoms with E-state index in [9.17, 15) is 8.42 Å². The van der Waals surface area contributed by atoms with Crippen LogP contribution in [0.3, 0.4) is 0 Å². The first-order chi connectivity index (χ1) is 9.53. The lowest BCUT2D eigenvalue weighted by molar-refractivity contribution is 0.300. The SMILES string of the molecule is CCN(CC)CCCNS(=O)(=O)c1ccc(CBr)cc1. The van der Waals surface area contributed by atoms with Gasteiger partial charge in [0.05, 0.1) is 4.90 Å². The molecule has 0 amide bonds. The molecule has 6 heteroatoms. The summed E-state index contributed by atoms with van der Waals surface area (Å²) in [5, 5.41) is 0.727. The molecular formula is C14H23BrN2O2S. The Labute approximate surface area is 130 Å². The van der Waals surface area contributed by atoms with E-state index < -0.39 is 10.0 Å². The minimum absolute atomic E-state index is 0.324. The summed E-state index contributed by atoms with van der Waals surface area (Å²) in [4.78, 5) is 2.60. The van der Waals surface area contributed by atoms with Crippen LogP contribution >= 0.6 is 15.9 Å². The summed E-state index contributed by atoms with van der Waals surface area (Å²) in [5.74, 6) is 0. The first-order valence-corrected chi connectivity index (χ1v) is 9.50. The van der Waals surface area contributed by atoms with Crippen molar-refractivity contribution in [3.05, 3.63) is 29.8 Å². The summed E-state index contributed by atoms with van der Waals surface area (Å²) in [6, 6.07) is 6.92. The predicted molar refractivity (Wildman–Crippen MR) is 86.7 cm³/mol. The highest BCUT2D eigenvalue weighted by Gasteiger charge is 2.12. The maximum atomic E-state index is 12.1. The molecule has 1 N–H and O–H groups in total. The van der Waals surface area contributed by atoms with E-state index in [-0.39, 0.29) is 0 Å². The molecule has 0 atom stereocenters. The third-order valence-electron chi connectivity index (χ3n) is 3.23. The van der Waals surface area contributed by atoms with Gasteiger partial charge in [-0.2, -0.15) is 0 Å². The predicted octanol–water partition coefficient (Wildman–Crippen LogP) is 2.59. The lowest BCUT2D eigenvalue weighted by Gasteiger charge is -2.17. The Morgan fingerprint density at radius 1 is 1.15 bits per heavy atom. The van der Waals surface area contributed by atoms with E-state index in [1.54, 1.807) is 12.1 Å². The largest absolute Gasteiger partial charge is 0.304 e. The molecule has 0 bridgehead atoms. The summed E-state index contributed by atoms with van der Waals surface area (Å²) < 4.78 is 26.8. The average Bonchev–Trinajstić information content (AvgIpc) is 2.47. The molecule has 0 aromatic heterocycles. The Bertz CT molecular complexity index is 484. The van der Waals surface area contributed by atoms with Crippen LogP contribution in [0, 0.1) is 0 Å². The monoisotopic (exact) mass is 362 g/mol. The number of nitrogens with one attached hydrogen (secondary N) is 1. The van der Waals surface area contributed by atoms with Crippen LogP contribution in [0.15, 0.2) is 29.2 Å². The smallest absolute Gasteiger partial charge is 0.240 e. The molecule has 0 heterocycles. The lowest BCUT2D eigenvalue weighted by atomic mass is 10.2. The topological polar surface area (TPSA) is 49.4 Å². The number of nitrogens with zero attached hydrogens (tertiary/aromatic N) is 1. The second-order valence-electron chi connectivity index (χ2n) is 4.56. The van der Waals surface area contributed by atoms with Gasteiger partial charge in [-0.1, -0.05) is 41.9 Å². The highest BCUT2D eigenvalue weighted by Crippen LogP contribution is 2.12. The van der Waals surface area contributed by atoms with E-state index in [4.69, 9.17) is 0 Å². The molecule has 1 aromatic rings. The van der Waals surface area contributed by atoms with Gasteiger partial charge in [0.25, 0.3) is 0 Å². The third-order valence-corrected chi connectivity index (χ3v) is 5.35. The third kappa shape index (κ3) is 5.52. The van der Waals surface area contributed by atoms with Gasteiger partial charge in [0, 0.05) is 11.9 Å². The molecule has 20 heavy (non-hydrogen) atoms. The van der Waals surface area contributed by atoms with Crippen molar-refractivity contribution in [1.82, 2.24) is 9.62 Å². The average molecular weight is 363 g/mol. The van der Waals surface area contributed by atoms with Gasteiger partial charge < -0.3 is 4.90 Å². The Balaban J connectivity index is 2.48.